The second kappa shape index (κ2) is 4.25. The molecular weight excluding hydrogens is 226 g/mol. The highest BCUT2D eigenvalue weighted by Gasteiger charge is 2.49. The summed E-state index contributed by atoms with van der Waals surface area (Å²) >= 11 is 0. The van der Waals surface area contributed by atoms with Crippen LogP contribution in [-0.2, 0) is 4.74 Å². The van der Waals surface area contributed by atoms with Crippen LogP contribution in [0.3, 0.4) is 0 Å². The summed E-state index contributed by atoms with van der Waals surface area (Å²) in [5.74, 6) is 0.0781. The van der Waals surface area contributed by atoms with Gasteiger partial charge >= 0.3 is 0 Å². The number of aliphatic hydroxyl groups is 1. The zero-order valence-electron chi connectivity index (χ0n) is 11.6. The summed E-state index contributed by atoms with van der Waals surface area (Å²) in [7, 11) is 0. The van der Waals surface area contributed by atoms with E-state index in [9.17, 15) is 5.11 Å². The fourth-order valence-corrected chi connectivity index (χ4v) is 3.07. The Bertz CT molecular complexity index is 440. The Hall–Kier alpha value is -1.06. The SMILES string of the molecule is CC1(C)CC(C(O)c2cccc(N)c2)C(C)(C)O1. The van der Waals surface area contributed by atoms with Crippen molar-refractivity contribution < 1.29 is 9.84 Å². The molecule has 1 aromatic rings. The molecular formula is C15H23NO2. The van der Waals surface area contributed by atoms with Gasteiger partial charge in [-0.2, -0.15) is 0 Å². The van der Waals surface area contributed by atoms with Gasteiger partial charge in [-0.1, -0.05) is 12.1 Å². The number of nitrogens with two attached hydrogens (primary N) is 1. The van der Waals surface area contributed by atoms with Crippen molar-refractivity contribution in [1.82, 2.24) is 0 Å². The van der Waals surface area contributed by atoms with Crippen LogP contribution in [0.1, 0.15) is 45.8 Å². The van der Waals surface area contributed by atoms with E-state index in [4.69, 9.17) is 10.5 Å². The maximum absolute atomic E-state index is 10.6. The van der Waals surface area contributed by atoms with E-state index in [0.29, 0.717) is 5.69 Å². The summed E-state index contributed by atoms with van der Waals surface area (Å²) in [5.41, 5.74) is 6.82. The van der Waals surface area contributed by atoms with E-state index >= 15 is 0 Å². The number of hydrogen-bond donors (Lipinski definition) is 2. The zero-order chi connectivity index (χ0) is 13.6. The second-order valence-corrected chi connectivity index (χ2v) is 6.39. The molecule has 1 saturated heterocycles. The van der Waals surface area contributed by atoms with E-state index in [1.165, 1.54) is 0 Å². The summed E-state index contributed by atoms with van der Waals surface area (Å²) in [4.78, 5) is 0. The monoisotopic (exact) mass is 249 g/mol. The average molecular weight is 249 g/mol. The quantitative estimate of drug-likeness (QED) is 0.792. The topological polar surface area (TPSA) is 55.5 Å². The Balaban J connectivity index is 2.26. The first-order valence-corrected chi connectivity index (χ1v) is 6.45. The third-order valence-electron chi connectivity index (χ3n) is 3.78. The first kappa shape index (κ1) is 13.4. The first-order valence-electron chi connectivity index (χ1n) is 6.45. The maximum atomic E-state index is 10.6. The number of ether oxygens (including phenoxy) is 1. The van der Waals surface area contributed by atoms with Crippen molar-refractivity contribution in [2.45, 2.75) is 51.4 Å². The van der Waals surface area contributed by atoms with Crippen LogP contribution in [0.5, 0.6) is 0 Å². The van der Waals surface area contributed by atoms with Gasteiger partial charge in [0.25, 0.3) is 0 Å². The van der Waals surface area contributed by atoms with Crippen LogP contribution in [0.2, 0.25) is 0 Å². The number of anilines is 1. The summed E-state index contributed by atoms with van der Waals surface area (Å²) < 4.78 is 6.03. The summed E-state index contributed by atoms with van der Waals surface area (Å²) in [5, 5.41) is 10.6. The minimum Gasteiger partial charge on any atom is -0.399 e. The molecule has 3 nitrogen and oxygen atoms in total. The van der Waals surface area contributed by atoms with E-state index in [0.717, 1.165) is 12.0 Å². The minimum atomic E-state index is -0.537. The van der Waals surface area contributed by atoms with Gasteiger partial charge in [0.1, 0.15) is 0 Å². The Labute approximate surface area is 109 Å². The van der Waals surface area contributed by atoms with Crippen molar-refractivity contribution in [3.8, 4) is 0 Å². The molecule has 0 radical (unpaired) electrons. The lowest BCUT2D eigenvalue weighted by Gasteiger charge is -2.30. The molecule has 0 spiro atoms. The number of hydrogen-bond acceptors (Lipinski definition) is 3. The van der Waals surface area contributed by atoms with Crippen LogP contribution in [0.4, 0.5) is 5.69 Å². The van der Waals surface area contributed by atoms with Crippen LogP contribution >= 0.6 is 0 Å². The van der Waals surface area contributed by atoms with Gasteiger partial charge in [-0.05, 0) is 51.8 Å². The molecule has 0 aliphatic carbocycles. The number of aliphatic hydroxyl groups excluding tert-OH is 1. The van der Waals surface area contributed by atoms with Gasteiger partial charge in [0.15, 0.2) is 0 Å². The van der Waals surface area contributed by atoms with E-state index in [-0.39, 0.29) is 17.1 Å². The fraction of sp³-hybridized carbons (Fsp3) is 0.600. The molecule has 1 aromatic carbocycles. The fourth-order valence-electron chi connectivity index (χ4n) is 3.07. The van der Waals surface area contributed by atoms with Crippen molar-refractivity contribution in [1.29, 1.82) is 0 Å². The molecule has 0 saturated carbocycles. The van der Waals surface area contributed by atoms with Crippen LogP contribution in [0, 0.1) is 5.92 Å². The molecule has 3 N–H and O–H groups in total. The van der Waals surface area contributed by atoms with Gasteiger partial charge in [0.2, 0.25) is 0 Å². The molecule has 1 aliphatic heterocycles. The van der Waals surface area contributed by atoms with Crippen molar-refractivity contribution in [3.05, 3.63) is 29.8 Å². The molecule has 2 rings (SSSR count). The van der Waals surface area contributed by atoms with Crippen LogP contribution in [0.15, 0.2) is 24.3 Å². The van der Waals surface area contributed by atoms with Gasteiger partial charge in [-0.25, -0.2) is 0 Å². The Morgan fingerprint density at radius 3 is 2.50 bits per heavy atom. The lowest BCUT2D eigenvalue weighted by atomic mass is 9.80. The molecule has 2 unspecified atom stereocenters. The molecule has 2 atom stereocenters. The normalized spacial score (nSPS) is 27.1. The van der Waals surface area contributed by atoms with Gasteiger partial charge in [-0.15, -0.1) is 0 Å². The molecule has 1 fully saturated rings. The third kappa shape index (κ3) is 2.52. The Morgan fingerprint density at radius 2 is 2.00 bits per heavy atom. The van der Waals surface area contributed by atoms with Crippen LogP contribution < -0.4 is 5.73 Å². The van der Waals surface area contributed by atoms with Gasteiger partial charge in [0, 0.05) is 11.6 Å². The zero-order valence-corrected chi connectivity index (χ0v) is 11.6. The van der Waals surface area contributed by atoms with Crippen molar-refractivity contribution in [3.63, 3.8) is 0 Å². The molecule has 3 heteroatoms. The minimum absolute atomic E-state index is 0.0781. The molecule has 1 aliphatic rings. The summed E-state index contributed by atoms with van der Waals surface area (Å²) in [6.45, 7) is 8.23. The lowest BCUT2D eigenvalue weighted by Crippen LogP contribution is -2.32. The van der Waals surface area contributed by atoms with E-state index in [2.05, 4.69) is 13.8 Å². The van der Waals surface area contributed by atoms with Crippen molar-refractivity contribution in [2.24, 2.45) is 5.92 Å². The highest BCUT2D eigenvalue weighted by molar-refractivity contribution is 5.41. The molecule has 0 aromatic heterocycles. The van der Waals surface area contributed by atoms with E-state index < -0.39 is 6.10 Å². The van der Waals surface area contributed by atoms with Gasteiger partial charge in [-0.3, -0.25) is 0 Å². The standard InChI is InChI=1S/C15H23NO2/c1-14(2)9-12(15(3,4)18-14)13(17)10-6-5-7-11(16)8-10/h5-8,12-13,17H,9,16H2,1-4H3. The Morgan fingerprint density at radius 1 is 1.33 bits per heavy atom. The highest BCUT2D eigenvalue weighted by atomic mass is 16.5. The number of benzene rings is 1. The Kier molecular flexibility index (Phi) is 3.16. The number of nitrogen functional groups attached to an aromatic ring is 1. The van der Waals surface area contributed by atoms with E-state index in [1.54, 1.807) is 0 Å². The smallest absolute Gasteiger partial charge is 0.0847 e. The van der Waals surface area contributed by atoms with Crippen molar-refractivity contribution >= 4 is 5.69 Å². The molecule has 1 heterocycles. The van der Waals surface area contributed by atoms with Crippen molar-refractivity contribution in [2.75, 3.05) is 5.73 Å². The molecule has 0 bridgehead atoms. The second-order valence-electron chi connectivity index (χ2n) is 6.39. The highest BCUT2D eigenvalue weighted by Crippen LogP contribution is 2.47. The van der Waals surface area contributed by atoms with Gasteiger partial charge in [0.05, 0.1) is 17.3 Å². The van der Waals surface area contributed by atoms with E-state index in [1.807, 2.05) is 38.1 Å². The molecule has 100 valence electrons. The van der Waals surface area contributed by atoms with Gasteiger partial charge < -0.3 is 15.6 Å². The summed E-state index contributed by atoms with van der Waals surface area (Å²) in [6.07, 6.45) is 0.306. The number of rotatable bonds is 2. The lowest BCUT2D eigenvalue weighted by molar-refractivity contribution is -0.0880. The predicted octanol–water partition coefficient (Wildman–Crippen LogP) is 2.90. The first-order chi connectivity index (χ1) is 8.21. The van der Waals surface area contributed by atoms with Crippen LogP contribution in [0.25, 0.3) is 0 Å². The van der Waals surface area contributed by atoms with Crippen LogP contribution in [-0.4, -0.2) is 16.3 Å². The average Bonchev–Trinajstić information content (AvgIpc) is 2.45. The summed E-state index contributed by atoms with van der Waals surface area (Å²) in [6, 6.07) is 7.47. The molecule has 0 amide bonds. The predicted molar refractivity (Wildman–Crippen MR) is 73.2 cm³/mol. The maximum Gasteiger partial charge on any atom is 0.0847 e. The molecule has 18 heavy (non-hydrogen) atoms. The third-order valence-corrected chi connectivity index (χ3v) is 3.78. The largest absolute Gasteiger partial charge is 0.399 e.